The lowest BCUT2D eigenvalue weighted by molar-refractivity contribution is -0.124. The molecule has 1 N–H and O–H groups in total. The molecule has 0 radical (unpaired) electrons. The van der Waals surface area contributed by atoms with Gasteiger partial charge in [-0.3, -0.25) is 4.79 Å². The summed E-state index contributed by atoms with van der Waals surface area (Å²) in [4.78, 5) is 12.5. The molecule has 146 valence electrons. The number of hydrogen-bond donors (Lipinski definition) is 1. The number of fused-ring (bicyclic) bond motifs is 1. The molecule has 1 unspecified atom stereocenters. The zero-order chi connectivity index (χ0) is 19.9. The van der Waals surface area contributed by atoms with E-state index in [9.17, 15) is 13.2 Å². The molecular formula is C22H23NO4S. The van der Waals surface area contributed by atoms with Gasteiger partial charge in [0.25, 0.3) is 10.0 Å². The van der Waals surface area contributed by atoms with Gasteiger partial charge in [0.05, 0.1) is 10.3 Å². The van der Waals surface area contributed by atoms with Gasteiger partial charge in [-0.25, -0.2) is 13.1 Å². The molecular weight excluding hydrogens is 374 g/mol. The molecule has 1 aliphatic heterocycles. The Bertz CT molecular complexity index is 1030. The van der Waals surface area contributed by atoms with E-state index < -0.39 is 21.3 Å². The minimum atomic E-state index is -3.96. The van der Waals surface area contributed by atoms with Crippen LogP contribution in [0.25, 0.3) is 0 Å². The molecule has 1 fully saturated rings. The molecule has 1 heterocycles. The molecule has 2 aliphatic rings. The van der Waals surface area contributed by atoms with E-state index in [1.807, 2.05) is 30.3 Å². The average molecular weight is 397 g/mol. The fourth-order valence-electron chi connectivity index (χ4n) is 3.72. The SMILES string of the molecule is C=C[C@@H]1C[C@]1(C)C(=O)NS(=O)(=O)c1ccc2c(c1)OC(c1ccccc1)CC2. The summed E-state index contributed by atoms with van der Waals surface area (Å²) in [5.41, 5.74) is 1.34. The molecule has 5 nitrogen and oxygen atoms in total. The Kier molecular flexibility index (Phi) is 4.54. The highest BCUT2D eigenvalue weighted by Crippen LogP contribution is 2.53. The Morgan fingerprint density at radius 2 is 2.00 bits per heavy atom. The van der Waals surface area contributed by atoms with Crippen LogP contribution >= 0.6 is 0 Å². The Balaban J connectivity index is 1.55. The number of carbonyl (C=O) groups is 1. The van der Waals surface area contributed by atoms with Crippen molar-refractivity contribution in [2.75, 3.05) is 0 Å². The van der Waals surface area contributed by atoms with Gasteiger partial charge in [0, 0.05) is 6.07 Å². The molecule has 1 saturated carbocycles. The van der Waals surface area contributed by atoms with Crippen molar-refractivity contribution in [3.8, 4) is 5.75 Å². The zero-order valence-corrected chi connectivity index (χ0v) is 16.5. The smallest absolute Gasteiger partial charge is 0.264 e. The number of ether oxygens (including phenoxy) is 1. The summed E-state index contributed by atoms with van der Waals surface area (Å²) in [5.74, 6) is 0.0800. The molecule has 2 aromatic rings. The molecule has 0 spiro atoms. The van der Waals surface area contributed by atoms with Gasteiger partial charge in [-0.05, 0) is 42.4 Å². The van der Waals surface area contributed by atoms with Gasteiger partial charge in [0.2, 0.25) is 5.91 Å². The van der Waals surface area contributed by atoms with Crippen molar-refractivity contribution >= 4 is 15.9 Å². The monoisotopic (exact) mass is 397 g/mol. The van der Waals surface area contributed by atoms with E-state index in [-0.39, 0.29) is 16.9 Å². The lowest BCUT2D eigenvalue weighted by atomic mass is 9.97. The number of sulfonamides is 1. The van der Waals surface area contributed by atoms with E-state index in [1.54, 1.807) is 19.1 Å². The van der Waals surface area contributed by atoms with Gasteiger partial charge in [0.1, 0.15) is 11.9 Å². The standard InChI is InChI=1S/C22H23NO4S/c1-3-17-14-22(17,2)21(24)23-28(25,26)18-11-9-16-10-12-19(27-20(16)13-18)15-7-5-4-6-8-15/h3-9,11,13,17,19H,1,10,12,14H2,2H3,(H,23,24)/t17-,19?,22+/m1/s1. The van der Waals surface area contributed by atoms with Crippen LogP contribution in [-0.2, 0) is 21.2 Å². The maximum Gasteiger partial charge on any atom is 0.264 e. The minimum Gasteiger partial charge on any atom is -0.485 e. The zero-order valence-electron chi connectivity index (χ0n) is 15.7. The predicted octanol–water partition coefficient (Wildman–Crippen LogP) is 3.77. The number of amides is 1. The summed E-state index contributed by atoms with van der Waals surface area (Å²) in [5, 5.41) is 0. The van der Waals surface area contributed by atoms with E-state index in [4.69, 9.17) is 4.74 Å². The second-order valence-corrected chi connectivity index (χ2v) is 9.41. The molecule has 1 aliphatic carbocycles. The molecule has 0 saturated heterocycles. The Morgan fingerprint density at radius 1 is 1.25 bits per heavy atom. The number of benzene rings is 2. The van der Waals surface area contributed by atoms with Gasteiger partial charge in [-0.15, -0.1) is 6.58 Å². The number of carbonyl (C=O) groups excluding carboxylic acids is 1. The number of hydrogen-bond acceptors (Lipinski definition) is 4. The van der Waals surface area contributed by atoms with Crippen LogP contribution < -0.4 is 9.46 Å². The number of nitrogens with one attached hydrogen (secondary N) is 1. The van der Waals surface area contributed by atoms with Crippen molar-refractivity contribution in [1.29, 1.82) is 0 Å². The highest BCUT2D eigenvalue weighted by molar-refractivity contribution is 7.90. The second-order valence-electron chi connectivity index (χ2n) is 7.72. The first kappa shape index (κ1) is 18.7. The summed E-state index contributed by atoms with van der Waals surface area (Å²) < 4.78 is 33.8. The van der Waals surface area contributed by atoms with E-state index in [0.29, 0.717) is 12.2 Å². The highest BCUT2D eigenvalue weighted by atomic mass is 32.2. The van der Waals surface area contributed by atoms with Gasteiger partial charge in [-0.1, -0.05) is 49.4 Å². The Labute approximate surface area is 165 Å². The fraction of sp³-hybridized carbons (Fsp3) is 0.318. The number of allylic oxidation sites excluding steroid dienone is 1. The summed E-state index contributed by atoms with van der Waals surface area (Å²) in [6.07, 6.45) is 3.84. The summed E-state index contributed by atoms with van der Waals surface area (Å²) in [6.45, 7) is 5.44. The van der Waals surface area contributed by atoms with Gasteiger partial charge < -0.3 is 4.74 Å². The van der Waals surface area contributed by atoms with Crippen molar-refractivity contribution in [2.24, 2.45) is 11.3 Å². The third-order valence-corrected chi connectivity index (χ3v) is 7.13. The van der Waals surface area contributed by atoms with E-state index in [1.165, 1.54) is 12.1 Å². The van der Waals surface area contributed by atoms with E-state index in [2.05, 4.69) is 11.3 Å². The minimum absolute atomic E-state index is 0.0150. The summed E-state index contributed by atoms with van der Waals surface area (Å²) in [7, 11) is -3.96. The van der Waals surface area contributed by atoms with Crippen LogP contribution in [0.2, 0.25) is 0 Å². The lowest BCUT2D eigenvalue weighted by Crippen LogP contribution is -2.36. The fourth-order valence-corrected chi connectivity index (χ4v) is 4.82. The molecule has 2 aromatic carbocycles. The first-order valence-electron chi connectivity index (χ1n) is 9.38. The highest BCUT2D eigenvalue weighted by Gasteiger charge is 2.55. The van der Waals surface area contributed by atoms with Crippen LogP contribution in [-0.4, -0.2) is 14.3 Å². The van der Waals surface area contributed by atoms with Crippen molar-refractivity contribution in [3.05, 3.63) is 72.3 Å². The lowest BCUT2D eigenvalue weighted by Gasteiger charge is -2.27. The maximum absolute atomic E-state index is 12.7. The molecule has 3 atom stereocenters. The van der Waals surface area contributed by atoms with E-state index >= 15 is 0 Å². The predicted molar refractivity (Wildman–Crippen MR) is 106 cm³/mol. The van der Waals surface area contributed by atoms with Crippen LogP contribution in [0.4, 0.5) is 0 Å². The van der Waals surface area contributed by atoms with E-state index in [0.717, 1.165) is 24.0 Å². The van der Waals surface area contributed by atoms with Crippen LogP contribution in [0.5, 0.6) is 5.75 Å². The molecule has 0 aromatic heterocycles. The normalized spacial score (nSPS) is 25.9. The molecule has 0 bridgehead atoms. The van der Waals surface area contributed by atoms with Gasteiger partial charge in [-0.2, -0.15) is 0 Å². The molecule has 28 heavy (non-hydrogen) atoms. The number of aryl methyl sites for hydroxylation is 1. The number of rotatable bonds is 5. The first-order chi connectivity index (χ1) is 13.3. The van der Waals surface area contributed by atoms with Crippen molar-refractivity contribution in [1.82, 2.24) is 4.72 Å². The second kappa shape index (κ2) is 6.78. The van der Waals surface area contributed by atoms with Crippen molar-refractivity contribution in [3.63, 3.8) is 0 Å². The van der Waals surface area contributed by atoms with Crippen molar-refractivity contribution < 1.29 is 17.9 Å². The average Bonchev–Trinajstić information content (AvgIpc) is 3.39. The third kappa shape index (κ3) is 3.33. The summed E-state index contributed by atoms with van der Waals surface area (Å²) in [6, 6.07) is 14.7. The topological polar surface area (TPSA) is 72.5 Å². The Hall–Kier alpha value is -2.60. The first-order valence-corrected chi connectivity index (χ1v) is 10.9. The largest absolute Gasteiger partial charge is 0.485 e. The van der Waals surface area contributed by atoms with Gasteiger partial charge >= 0.3 is 0 Å². The maximum atomic E-state index is 12.7. The molecule has 1 amide bonds. The quantitative estimate of drug-likeness (QED) is 0.780. The Morgan fingerprint density at radius 3 is 2.68 bits per heavy atom. The molecule has 4 rings (SSSR count). The molecule has 6 heteroatoms. The van der Waals surface area contributed by atoms with Crippen LogP contribution in [0.3, 0.4) is 0 Å². The van der Waals surface area contributed by atoms with Crippen LogP contribution in [0.1, 0.15) is 37.0 Å². The van der Waals surface area contributed by atoms with Crippen LogP contribution in [0.15, 0.2) is 66.1 Å². The summed E-state index contributed by atoms with van der Waals surface area (Å²) >= 11 is 0. The van der Waals surface area contributed by atoms with Gasteiger partial charge in [0.15, 0.2) is 0 Å². The third-order valence-electron chi connectivity index (χ3n) is 5.80. The van der Waals surface area contributed by atoms with Crippen LogP contribution in [0, 0.1) is 11.3 Å². The van der Waals surface area contributed by atoms with Crippen molar-refractivity contribution in [2.45, 2.75) is 37.2 Å².